The number of hydrogen-bond acceptors (Lipinski definition) is 2. The van der Waals surface area contributed by atoms with Crippen molar-refractivity contribution >= 4 is 0 Å². The maximum absolute atomic E-state index is 9.82. The van der Waals surface area contributed by atoms with Gasteiger partial charge >= 0.3 is 0 Å². The van der Waals surface area contributed by atoms with Gasteiger partial charge in [0.05, 0.1) is 6.10 Å². The summed E-state index contributed by atoms with van der Waals surface area (Å²) < 4.78 is 5.63. The number of rotatable bonds is 5. The Hall–Kier alpha value is -1.28. The maximum Gasteiger partial charge on any atom is 0.125 e. The highest BCUT2D eigenvalue weighted by molar-refractivity contribution is 5.35. The van der Waals surface area contributed by atoms with Crippen LogP contribution in [-0.4, -0.2) is 11.7 Å². The molecule has 1 atom stereocenters. The molecule has 0 amide bonds. The fourth-order valence-corrected chi connectivity index (χ4v) is 1.41. The third kappa shape index (κ3) is 3.70. The average Bonchev–Trinajstić information content (AvgIpc) is 2.28. The van der Waals surface area contributed by atoms with E-state index < -0.39 is 6.10 Å². The predicted molar refractivity (Wildman–Crippen MR) is 66.6 cm³/mol. The molecular weight excluding hydrogens is 200 g/mol. The van der Waals surface area contributed by atoms with Crippen molar-refractivity contribution in [2.75, 3.05) is 6.61 Å². The van der Waals surface area contributed by atoms with Gasteiger partial charge in [0, 0.05) is 5.56 Å². The van der Waals surface area contributed by atoms with Crippen LogP contribution < -0.4 is 4.74 Å². The number of para-hydroxylation sites is 1. The van der Waals surface area contributed by atoms with Crippen LogP contribution in [0.1, 0.15) is 38.9 Å². The molecule has 0 bridgehead atoms. The minimum Gasteiger partial charge on any atom is -0.489 e. The van der Waals surface area contributed by atoms with Gasteiger partial charge in [-0.15, -0.1) is 0 Å². The molecule has 0 saturated carbocycles. The van der Waals surface area contributed by atoms with Crippen LogP contribution in [-0.2, 0) is 0 Å². The molecule has 2 nitrogen and oxygen atoms in total. The molecule has 1 aromatic rings. The number of aliphatic hydroxyl groups is 1. The highest BCUT2D eigenvalue weighted by Gasteiger charge is 2.10. The fraction of sp³-hybridized carbons (Fsp3) is 0.429. The first-order chi connectivity index (χ1) is 7.65. The Morgan fingerprint density at radius 1 is 1.38 bits per heavy atom. The first-order valence-corrected chi connectivity index (χ1v) is 5.68. The lowest BCUT2D eigenvalue weighted by Crippen LogP contribution is -2.02. The summed E-state index contributed by atoms with van der Waals surface area (Å²) in [5, 5.41) is 9.82. The quantitative estimate of drug-likeness (QED) is 0.770. The molecule has 1 aromatic carbocycles. The third-order valence-electron chi connectivity index (χ3n) is 2.40. The minimum absolute atomic E-state index is 0.442. The van der Waals surface area contributed by atoms with E-state index >= 15 is 0 Å². The third-order valence-corrected chi connectivity index (χ3v) is 2.40. The van der Waals surface area contributed by atoms with Crippen LogP contribution in [0.5, 0.6) is 5.75 Å². The highest BCUT2D eigenvalue weighted by Crippen LogP contribution is 2.26. The van der Waals surface area contributed by atoms with Gasteiger partial charge < -0.3 is 9.84 Å². The van der Waals surface area contributed by atoms with Gasteiger partial charge in [-0.2, -0.15) is 0 Å². The Morgan fingerprint density at radius 2 is 2.06 bits per heavy atom. The van der Waals surface area contributed by atoms with Crippen molar-refractivity contribution in [3.05, 3.63) is 41.5 Å². The Labute approximate surface area is 97.6 Å². The molecule has 0 radical (unpaired) electrons. The van der Waals surface area contributed by atoms with Gasteiger partial charge in [0.2, 0.25) is 0 Å². The molecular formula is C14H20O2. The predicted octanol–water partition coefficient (Wildman–Crippen LogP) is 3.48. The maximum atomic E-state index is 9.82. The molecule has 0 aliphatic carbocycles. The molecule has 1 rings (SSSR count). The van der Waals surface area contributed by atoms with E-state index in [-0.39, 0.29) is 0 Å². The molecule has 0 heterocycles. The van der Waals surface area contributed by atoms with E-state index in [1.54, 1.807) is 0 Å². The summed E-state index contributed by atoms with van der Waals surface area (Å²) in [5.41, 5.74) is 2.10. The zero-order valence-electron chi connectivity index (χ0n) is 10.2. The van der Waals surface area contributed by atoms with E-state index in [0.29, 0.717) is 13.0 Å². The van der Waals surface area contributed by atoms with Crippen molar-refractivity contribution in [1.29, 1.82) is 0 Å². The van der Waals surface area contributed by atoms with Crippen LogP contribution in [0.3, 0.4) is 0 Å². The average molecular weight is 220 g/mol. The number of ether oxygens (including phenoxy) is 1. The Balaban J connectivity index is 2.75. The van der Waals surface area contributed by atoms with Crippen LogP contribution >= 0.6 is 0 Å². The molecule has 0 aliphatic heterocycles. The Morgan fingerprint density at radius 3 is 2.69 bits per heavy atom. The minimum atomic E-state index is -0.442. The van der Waals surface area contributed by atoms with Crippen molar-refractivity contribution < 1.29 is 9.84 Å². The monoisotopic (exact) mass is 220 g/mol. The molecule has 2 heteroatoms. The largest absolute Gasteiger partial charge is 0.489 e. The summed E-state index contributed by atoms with van der Waals surface area (Å²) in [4.78, 5) is 0. The van der Waals surface area contributed by atoms with Gasteiger partial charge in [0.25, 0.3) is 0 Å². The van der Waals surface area contributed by atoms with Crippen molar-refractivity contribution in [3.8, 4) is 5.75 Å². The van der Waals surface area contributed by atoms with Crippen LogP contribution in [0.2, 0.25) is 0 Å². The number of allylic oxidation sites excluding steroid dienone is 1. The van der Waals surface area contributed by atoms with Crippen molar-refractivity contribution in [2.24, 2.45) is 0 Å². The van der Waals surface area contributed by atoms with E-state index in [0.717, 1.165) is 11.3 Å². The first kappa shape index (κ1) is 12.8. The summed E-state index contributed by atoms with van der Waals surface area (Å²) in [6, 6.07) is 7.64. The summed E-state index contributed by atoms with van der Waals surface area (Å²) in [6.07, 6.45) is 2.28. The number of hydrogen-bond donors (Lipinski definition) is 1. The van der Waals surface area contributed by atoms with E-state index in [1.165, 1.54) is 5.57 Å². The normalized spacial score (nSPS) is 12.0. The fourth-order valence-electron chi connectivity index (χ4n) is 1.41. The smallest absolute Gasteiger partial charge is 0.125 e. The molecule has 0 aromatic heterocycles. The van der Waals surface area contributed by atoms with Crippen LogP contribution in [0.25, 0.3) is 0 Å². The second-order valence-electron chi connectivity index (χ2n) is 4.05. The summed E-state index contributed by atoms with van der Waals surface area (Å²) in [5.74, 6) is 0.773. The molecule has 16 heavy (non-hydrogen) atoms. The van der Waals surface area contributed by atoms with Crippen LogP contribution in [0.4, 0.5) is 0 Å². The summed E-state index contributed by atoms with van der Waals surface area (Å²) >= 11 is 0. The van der Waals surface area contributed by atoms with Gasteiger partial charge in [-0.05, 0) is 32.4 Å². The Kier molecular flexibility index (Phi) is 5.06. The van der Waals surface area contributed by atoms with Crippen LogP contribution in [0.15, 0.2) is 35.9 Å². The molecule has 0 spiro atoms. The zero-order chi connectivity index (χ0) is 12.0. The number of aliphatic hydroxyl groups excluding tert-OH is 1. The van der Waals surface area contributed by atoms with Crippen molar-refractivity contribution in [1.82, 2.24) is 0 Å². The van der Waals surface area contributed by atoms with Gasteiger partial charge in [-0.25, -0.2) is 0 Å². The lowest BCUT2D eigenvalue weighted by Gasteiger charge is -2.14. The van der Waals surface area contributed by atoms with E-state index in [9.17, 15) is 5.11 Å². The van der Waals surface area contributed by atoms with Gasteiger partial charge in [0.15, 0.2) is 0 Å². The molecule has 0 saturated heterocycles. The molecule has 0 aliphatic rings. The standard InChI is InChI=1S/C14H20O2/c1-4-13(15)12-7-5-6-8-14(12)16-10-9-11(2)3/h5-9,13,15H,4,10H2,1-3H3/t13-/m0/s1. The second kappa shape index (κ2) is 6.33. The molecule has 0 unspecified atom stereocenters. The van der Waals surface area contributed by atoms with Crippen LogP contribution in [0, 0.1) is 0 Å². The Bertz CT molecular complexity index is 352. The lowest BCUT2D eigenvalue weighted by atomic mass is 10.1. The van der Waals surface area contributed by atoms with E-state index in [1.807, 2.05) is 51.1 Å². The van der Waals surface area contributed by atoms with Gasteiger partial charge in [-0.3, -0.25) is 0 Å². The lowest BCUT2D eigenvalue weighted by molar-refractivity contribution is 0.168. The topological polar surface area (TPSA) is 29.5 Å². The second-order valence-corrected chi connectivity index (χ2v) is 4.05. The molecule has 1 N–H and O–H groups in total. The van der Waals surface area contributed by atoms with E-state index in [2.05, 4.69) is 0 Å². The van der Waals surface area contributed by atoms with Gasteiger partial charge in [0.1, 0.15) is 12.4 Å². The highest BCUT2D eigenvalue weighted by atomic mass is 16.5. The summed E-state index contributed by atoms with van der Waals surface area (Å²) in [7, 11) is 0. The summed E-state index contributed by atoms with van der Waals surface area (Å²) in [6.45, 7) is 6.58. The first-order valence-electron chi connectivity index (χ1n) is 5.68. The van der Waals surface area contributed by atoms with Crippen molar-refractivity contribution in [2.45, 2.75) is 33.3 Å². The SMILES string of the molecule is CC[C@H](O)c1ccccc1OCC=C(C)C. The number of benzene rings is 1. The van der Waals surface area contributed by atoms with E-state index in [4.69, 9.17) is 4.74 Å². The zero-order valence-corrected chi connectivity index (χ0v) is 10.2. The molecule has 88 valence electrons. The molecule has 0 fully saturated rings. The van der Waals surface area contributed by atoms with Gasteiger partial charge in [-0.1, -0.05) is 30.7 Å². The van der Waals surface area contributed by atoms with Crippen molar-refractivity contribution in [3.63, 3.8) is 0 Å².